The maximum atomic E-state index is 10.7. The Hall–Kier alpha value is -2.24. The molecule has 0 spiro atoms. The highest BCUT2D eigenvalue weighted by atomic mass is 16.4. The third-order valence-electron chi connectivity index (χ3n) is 3.59. The highest BCUT2D eigenvalue weighted by Gasteiger charge is 2.08. The molecule has 0 bridgehead atoms. The maximum absolute atomic E-state index is 10.7. The van der Waals surface area contributed by atoms with Crippen LogP contribution in [0.3, 0.4) is 0 Å². The van der Waals surface area contributed by atoms with Gasteiger partial charge in [0.1, 0.15) is 0 Å². The van der Waals surface area contributed by atoms with Gasteiger partial charge in [0.05, 0.1) is 12.5 Å². The lowest BCUT2D eigenvalue weighted by atomic mass is 10.0. The van der Waals surface area contributed by atoms with Crippen molar-refractivity contribution in [2.45, 2.75) is 52.0 Å². The van der Waals surface area contributed by atoms with E-state index in [9.17, 15) is 9.90 Å². The number of tetrazole rings is 1. The SMILES string of the molecule is CCCCCCCc1ccc(-c2nnnn2CC(=O)[O-])cc1. The van der Waals surface area contributed by atoms with Crippen LogP contribution in [0.1, 0.15) is 44.6 Å². The molecule has 0 N–H and O–H groups in total. The summed E-state index contributed by atoms with van der Waals surface area (Å²) in [4.78, 5) is 10.7. The number of unbranched alkanes of at least 4 members (excludes halogenated alkanes) is 4. The van der Waals surface area contributed by atoms with E-state index < -0.39 is 5.97 Å². The number of carbonyl (C=O) groups excluding carboxylic acids is 1. The zero-order chi connectivity index (χ0) is 15.8. The zero-order valence-electron chi connectivity index (χ0n) is 12.9. The van der Waals surface area contributed by atoms with Gasteiger partial charge in [-0.3, -0.25) is 0 Å². The number of nitrogens with zero attached hydrogens (tertiary/aromatic N) is 4. The van der Waals surface area contributed by atoms with Gasteiger partial charge in [0.25, 0.3) is 0 Å². The third kappa shape index (κ3) is 4.65. The van der Waals surface area contributed by atoms with E-state index in [1.54, 1.807) is 0 Å². The second kappa shape index (κ2) is 8.26. The average molecular weight is 301 g/mol. The van der Waals surface area contributed by atoms with Gasteiger partial charge in [-0.1, -0.05) is 56.9 Å². The van der Waals surface area contributed by atoms with E-state index in [4.69, 9.17) is 0 Å². The van der Waals surface area contributed by atoms with Crippen LogP contribution in [0.15, 0.2) is 24.3 Å². The molecule has 0 aliphatic rings. The molecule has 0 radical (unpaired) electrons. The molecule has 1 heterocycles. The van der Waals surface area contributed by atoms with E-state index in [1.807, 2.05) is 24.3 Å². The fraction of sp³-hybridized carbons (Fsp3) is 0.500. The zero-order valence-corrected chi connectivity index (χ0v) is 12.9. The van der Waals surface area contributed by atoms with Crippen LogP contribution >= 0.6 is 0 Å². The smallest absolute Gasteiger partial charge is 0.182 e. The van der Waals surface area contributed by atoms with Gasteiger partial charge in [-0.25, -0.2) is 4.68 Å². The number of hydrogen-bond donors (Lipinski definition) is 0. The largest absolute Gasteiger partial charge is 0.548 e. The third-order valence-corrected chi connectivity index (χ3v) is 3.59. The lowest BCUT2D eigenvalue weighted by Gasteiger charge is -2.06. The van der Waals surface area contributed by atoms with Crippen LogP contribution < -0.4 is 5.11 Å². The van der Waals surface area contributed by atoms with Crippen molar-refractivity contribution in [3.8, 4) is 11.4 Å². The number of carbonyl (C=O) groups is 1. The molecule has 2 rings (SSSR count). The van der Waals surface area contributed by atoms with Gasteiger partial charge in [-0.05, 0) is 28.8 Å². The molecule has 0 aliphatic heterocycles. The van der Waals surface area contributed by atoms with E-state index >= 15 is 0 Å². The quantitative estimate of drug-likeness (QED) is 0.657. The van der Waals surface area contributed by atoms with E-state index in [-0.39, 0.29) is 6.54 Å². The van der Waals surface area contributed by atoms with Gasteiger partial charge in [-0.15, -0.1) is 5.10 Å². The minimum atomic E-state index is -1.21. The fourth-order valence-electron chi connectivity index (χ4n) is 2.39. The molecule has 1 aromatic heterocycles. The Kier molecular flexibility index (Phi) is 6.06. The predicted molar refractivity (Wildman–Crippen MR) is 80.7 cm³/mol. The van der Waals surface area contributed by atoms with Crippen LogP contribution in [0, 0.1) is 0 Å². The number of aromatic nitrogens is 4. The van der Waals surface area contributed by atoms with Crippen molar-refractivity contribution >= 4 is 5.97 Å². The number of benzene rings is 1. The van der Waals surface area contributed by atoms with Crippen LogP contribution in [0.5, 0.6) is 0 Å². The lowest BCUT2D eigenvalue weighted by molar-refractivity contribution is -0.306. The van der Waals surface area contributed by atoms with Crippen LogP contribution in [0.25, 0.3) is 11.4 Å². The van der Waals surface area contributed by atoms with E-state index in [0.29, 0.717) is 5.82 Å². The summed E-state index contributed by atoms with van der Waals surface area (Å²) in [6, 6.07) is 7.96. The van der Waals surface area contributed by atoms with Crippen molar-refractivity contribution < 1.29 is 9.90 Å². The summed E-state index contributed by atoms with van der Waals surface area (Å²) in [5.41, 5.74) is 2.08. The minimum Gasteiger partial charge on any atom is -0.548 e. The highest BCUT2D eigenvalue weighted by Crippen LogP contribution is 2.17. The first-order valence-corrected chi connectivity index (χ1v) is 7.76. The Morgan fingerprint density at radius 1 is 1.14 bits per heavy atom. The molecule has 0 saturated heterocycles. The summed E-state index contributed by atoms with van der Waals surface area (Å²) in [6.07, 6.45) is 7.39. The molecule has 1 aromatic carbocycles. The summed E-state index contributed by atoms with van der Waals surface area (Å²) >= 11 is 0. The second-order valence-corrected chi connectivity index (χ2v) is 5.39. The second-order valence-electron chi connectivity index (χ2n) is 5.39. The van der Waals surface area contributed by atoms with Crippen molar-refractivity contribution in [1.82, 2.24) is 20.2 Å². The summed E-state index contributed by atoms with van der Waals surface area (Å²) in [6.45, 7) is 1.87. The topological polar surface area (TPSA) is 83.7 Å². The van der Waals surface area contributed by atoms with Crippen LogP contribution in [-0.4, -0.2) is 26.2 Å². The van der Waals surface area contributed by atoms with E-state index in [0.717, 1.165) is 12.0 Å². The van der Waals surface area contributed by atoms with Crippen LogP contribution in [-0.2, 0) is 17.8 Å². The van der Waals surface area contributed by atoms with E-state index in [2.05, 4.69) is 22.4 Å². The van der Waals surface area contributed by atoms with Crippen molar-refractivity contribution in [3.63, 3.8) is 0 Å². The summed E-state index contributed by atoms with van der Waals surface area (Å²) in [5, 5.41) is 21.7. The summed E-state index contributed by atoms with van der Waals surface area (Å²) in [7, 11) is 0. The van der Waals surface area contributed by atoms with Crippen molar-refractivity contribution in [2.75, 3.05) is 0 Å². The number of aliphatic carboxylic acids is 1. The van der Waals surface area contributed by atoms with Crippen LogP contribution in [0.2, 0.25) is 0 Å². The average Bonchev–Trinajstić information content (AvgIpc) is 2.95. The molecule has 0 fully saturated rings. The Balaban J connectivity index is 1.94. The summed E-state index contributed by atoms with van der Waals surface area (Å²) < 4.78 is 1.23. The number of aryl methyl sites for hydroxylation is 1. The molecule has 0 unspecified atom stereocenters. The summed E-state index contributed by atoms with van der Waals surface area (Å²) in [5.74, 6) is -0.768. The van der Waals surface area contributed by atoms with Crippen molar-refractivity contribution in [1.29, 1.82) is 0 Å². The molecule has 0 aliphatic carbocycles. The Morgan fingerprint density at radius 3 is 2.55 bits per heavy atom. The number of carboxylic acids is 1. The van der Waals surface area contributed by atoms with Crippen LogP contribution in [0.4, 0.5) is 0 Å². The highest BCUT2D eigenvalue weighted by molar-refractivity contribution is 5.65. The number of hydrogen-bond acceptors (Lipinski definition) is 5. The molecule has 0 atom stereocenters. The normalized spacial score (nSPS) is 10.8. The van der Waals surface area contributed by atoms with E-state index in [1.165, 1.54) is 42.3 Å². The van der Waals surface area contributed by atoms with Gasteiger partial charge in [-0.2, -0.15) is 0 Å². The molecular formula is C16H21N4O2-. The first kappa shape index (κ1) is 16.1. The predicted octanol–water partition coefficient (Wildman–Crippen LogP) is 1.60. The molecule has 0 amide bonds. The molecule has 0 saturated carbocycles. The fourth-order valence-corrected chi connectivity index (χ4v) is 2.39. The van der Waals surface area contributed by atoms with Crippen molar-refractivity contribution in [3.05, 3.63) is 29.8 Å². The first-order chi connectivity index (χ1) is 10.7. The monoisotopic (exact) mass is 301 g/mol. The standard InChI is InChI=1S/C16H22N4O2/c1-2-3-4-5-6-7-13-8-10-14(11-9-13)16-17-18-19-20(16)12-15(21)22/h8-11H,2-7,12H2,1H3,(H,21,22)/p-1. The Morgan fingerprint density at radius 2 is 1.86 bits per heavy atom. The van der Waals surface area contributed by atoms with Gasteiger partial charge in [0, 0.05) is 5.56 Å². The maximum Gasteiger partial charge on any atom is 0.182 e. The minimum absolute atomic E-state index is 0.346. The van der Waals surface area contributed by atoms with Gasteiger partial charge >= 0.3 is 0 Å². The Labute approximate surface area is 130 Å². The first-order valence-electron chi connectivity index (χ1n) is 7.76. The molecular weight excluding hydrogens is 280 g/mol. The lowest BCUT2D eigenvalue weighted by Crippen LogP contribution is -2.28. The van der Waals surface area contributed by atoms with Gasteiger partial charge < -0.3 is 9.90 Å². The number of rotatable bonds is 9. The number of carboxylic acid groups (broad SMARTS) is 1. The molecule has 118 valence electrons. The van der Waals surface area contributed by atoms with Crippen molar-refractivity contribution in [2.24, 2.45) is 0 Å². The Bertz CT molecular complexity index is 592. The molecule has 2 aromatic rings. The molecule has 6 nitrogen and oxygen atoms in total. The molecule has 22 heavy (non-hydrogen) atoms. The van der Waals surface area contributed by atoms with Gasteiger partial charge in [0.2, 0.25) is 0 Å². The molecule has 6 heteroatoms. The van der Waals surface area contributed by atoms with Gasteiger partial charge in [0.15, 0.2) is 5.82 Å².